The Morgan fingerprint density at radius 1 is 1.44 bits per heavy atom. The minimum absolute atomic E-state index is 0.0466. The van der Waals surface area contributed by atoms with E-state index in [1.54, 1.807) is 6.26 Å². The van der Waals surface area contributed by atoms with Crippen molar-refractivity contribution in [1.82, 2.24) is 9.84 Å². The van der Waals surface area contributed by atoms with Crippen LogP contribution in [0.5, 0.6) is 0 Å². The van der Waals surface area contributed by atoms with Crippen LogP contribution in [0, 0.1) is 0 Å². The number of benzene rings is 1. The maximum atomic E-state index is 13.5. The molecule has 1 aromatic carbocycles. The summed E-state index contributed by atoms with van der Waals surface area (Å²) in [7, 11) is 1.44. The van der Waals surface area contributed by atoms with E-state index in [4.69, 9.17) is 4.74 Å². The van der Waals surface area contributed by atoms with Gasteiger partial charge in [-0.15, -0.1) is 0 Å². The normalized spacial score (nSPS) is 17.4. The Balaban J connectivity index is 2.58. The van der Waals surface area contributed by atoms with Crippen LogP contribution >= 0.6 is 11.9 Å². The Kier molecular flexibility index (Phi) is 6.31. The lowest BCUT2D eigenvalue weighted by molar-refractivity contribution is -0.139. The minimum Gasteiger partial charge on any atom is -0.374 e. The van der Waals surface area contributed by atoms with Crippen molar-refractivity contribution in [3.8, 4) is 0 Å². The van der Waals surface area contributed by atoms with Crippen molar-refractivity contribution >= 4 is 30.0 Å². The Bertz CT molecular complexity index is 649. The van der Waals surface area contributed by atoms with Crippen LogP contribution in [0.25, 0.3) is 0 Å². The summed E-state index contributed by atoms with van der Waals surface area (Å²) in [6.07, 6.45) is -2.35. The molecule has 0 aliphatic carbocycles. The molecule has 1 aromatic rings. The molecule has 2 rings (SSSR count). The molecule has 1 aliphatic heterocycles. The molecule has 0 saturated carbocycles. The van der Waals surface area contributed by atoms with Gasteiger partial charge in [-0.05, 0) is 36.8 Å². The number of hydrazine groups is 1. The molecular formula is C15H18F3N3O3S. The summed E-state index contributed by atoms with van der Waals surface area (Å²) in [6.45, 7) is 0.369. The molecule has 1 unspecified atom stereocenters. The number of ether oxygens (including phenoxy) is 1. The molecule has 10 heteroatoms. The molecule has 138 valence electrons. The van der Waals surface area contributed by atoms with Crippen LogP contribution < -0.4 is 10.1 Å². The number of amides is 2. The highest BCUT2D eigenvalue weighted by Gasteiger charge is 2.38. The number of rotatable bonds is 6. The maximum absolute atomic E-state index is 13.5. The first-order chi connectivity index (χ1) is 11.8. The first-order valence-electron chi connectivity index (χ1n) is 7.43. The SMILES string of the molecule is CSNN(C)C(=O)c1cc(C2CCCO2)c(C(F)(F)F)cc1NC=O. The molecule has 0 aromatic heterocycles. The molecular weight excluding hydrogens is 359 g/mol. The van der Waals surface area contributed by atoms with E-state index in [1.165, 1.54) is 7.05 Å². The van der Waals surface area contributed by atoms with Gasteiger partial charge in [0.25, 0.3) is 5.91 Å². The standard InChI is InChI=1S/C15H18F3N3O3S/c1-21(20-25-2)14(23)10-6-9(13-4-3-5-24-13)11(15(16,17)18)7-12(10)19-8-22/h6-8,13,20H,3-5H2,1-2H3,(H,19,22). The highest BCUT2D eigenvalue weighted by Crippen LogP contribution is 2.41. The fraction of sp³-hybridized carbons (Fsp3) is 0.467. The second kappa shape index (κ2) is 8.07. The van der Waals surface area contributed by atoms with Crippen molar-refractivity contribution in [3.63, 3.8) is 0 Å². The van der Waals surface area contributed by atoms with Gasteiger partial charge in [0.1, 0.15) is 0 Å². The molecule has 1 heterocycles. The van der Waals surface area contributed by atoms with E-state index >= 15 is 0 Å². The van der Waals surface area contributed by atoms with Crippen molar-refractivity contribution in [2.75, 3.05) is 25.2 Å². The van der Waals surface area contributed by atoms with Crippen LogP contribution in [0.15, 0.2) is 12.1 Å². The zero-order chi connectivity index (χ0) is 18.6. The number of alkyl halides is 3. The average molecular weight is 377 g/mol. The molecule has 6 nitrogen and oxygen atoms in total. The molecule has 25 heavy (non-hydrogen) atoms. The van der Waals surface area contributed by atoms with Gasteiger partial charge in [-0.3, -0.25) is 14.6 Å². The summed E-state index contributed by atoms with van der Waals surface area (Å²) in [6, 6.07) is 1.94. The lowest BCUT2D eigenvalue weighted by Crippen LogP contribution is -2.35. The van der Waals surface area contributed by atoms with Gasteiger partial charge in [0, 0.05) is 13.7 Å². The Morgan fingerprint density at radius 2 is 2.16 bits per heavy atom. The second-order valence-electron chi connectivity index (χ2n) is 5.41. The van der Waals surface area contributed by atoms with E-state index < -0.39 is 23.8 Å². The van der Waals surface area contributed by atoms with Gasteiger partial charge in [-0.1, -0.05) is 11.9 Å². The van der Waals surface area contributed by atoms with Crippen LogP contribution in [0.4, 0.5) is 18.9 Å². The predicted octanol–water partition coefficient (Wildman–Crippen LogP) is 2.98. The van der Waals surface area contributed by atoms with E-state index in [2.05, 4.69) is 10.1 Å². The molecule has 1 saturated heterocycles. The van der Waals surface area contributed by atoms with E-state index in [9.17, 15) is 22.8 Å². The summed E-state index contributed by atoms with van der Waals surface area (Å²) in [5, 5.41) is 3.31. The van der Waals surface area contributed by atoms with Gasteiger partial charge in [-0.2, -0.15) is 18.0 Å². The zero-order valence-corrected chi connectivity index (χ0v) is 14.5. The lowest BCUT2D eigenvalue weighted by atomic mass is 9.95. The lowest BCUT2D eigenvalue weighted by Gasteiger charge is -2.23. The van der Waals surface area contributed by atoms with Crippen LogP contribution in [0.2, 0.25) is 0 Å². The molecule has 2 amide bonds. The number of nitrogens with one attached hydrogen (secondary N) is 2. The predicted molar refractivity (Wildman–Crippen MR) is 87.8 cm³/mol. The molecule has 1 fully saturated rings. The van der Waals surface area contributed by atoms with Crippen LogP contribution in [0.3, 0.4) is 0 Å². The fourth-order valence-corrected chi connectivity index (χ4v) is 3.03. The third kappa shape index (κ3) is 4.44. The Hall–Kier alpha value is -1.78. The first kappa shape index (κ1) is 19.5. The topological polar surface area (TPSA) is 70.7 Å². The van der Waals surface area contributed by atoms with Crippen molar-refractivity contribution < 1.29 is 27.5 Å². The van der Waals surface area contributed by atoms with Gasteiger partial charge >= 0.3 is 6.18 Å². The molecule has 1 aliphatic rings. The number of hydrogen-bond donors (Lipinski definition) is 2. The summed E-state index contributed by atoms with van der Waals surface area (Å²) >= 11 is 1.15. The maximum Gasteiger partial charge on any atom is 0.416 e. The Morgan fingerprint density at radius 3 is 2.68 bits per heavy atom. The molecule has 1 atom stereocenters. The number of hydrogen-bond acceptors (Lipinski definition) is 5. The zero-order valence-electron chi connectivity index (χ0n) is 13.6. The third-order valence-corrected chi connectivity index (χ3v) is 4.21. The summed E-state index contributed by atoms with van der Waals surface area (Å²) in [5.74, 6) is -0.577. The number of nitrogens with zero attached hydrogens (tertiary/aromatic N) is 1. The second-order valence-corrected chi connectivity index (χ2v) is 6.00. The van der Waals surface area contributed by atoms with Gasteiger partial charge in [0.2, 0.25) is 6.41 Å². The fourth-order valence-electron chi connectivity index (χ4n) is 2.67. The summed E-state index contributed by atoms with van der Waals surface area (Å²) < 4.78 is 45.7. The smallest absolute Gasteiger partial charge is 0.374 e. The number of carbonyl (C=O) groups is 2. The monoisotopic (exact) mass is 377 g/mol. The van der Waals surface area contributed by atoms with Gasteiger partial charge in [-0.25, -0.2) is 0 Å². The quantitative estimate of drug-likeness (QED) is 0.453. The van der Waals surface area contributed by atoms with Crippen LogP contribution in [-0.2, 0) is 15.7 Å². The molecule has 0 bridgehead atoms. The first-order valence-corrected chi connectivity index (χ1v) is 8.65. The van der Waals surface area contributed by atoms with Crippen molar-refractivity contribution in [1.29, 1.82) is 0 Å². The minimum atomic E-state index is -4.63. The number of halogens is 3. The van der Waals surface area contributed by atoms with Crippen molar-refractivity contribution in [2.45, 2.75) is 25.1 Å². The van der Waals surface area contributed by atoms with Gasteiger partial charge in [0.05, 0.1) is 22.9 Å². The van der Waals surface area contributed by atoms with E-state index in [-0.39, 0.29) is 23.2 Å². The largest absolute Gasteiger partial charge is 0.416 e. The van der Waals surface area contributed by atoms with E-state index in [0.29, 0.717) is 19.4 Å². The molecule has 2 N–H and O–H groups in total. The van der Waals surface area contributed by atoms with Gasteiger partial charge in [0.15, 0.2) is 0 Å². The van der Waals surface area contributed by atoms with Gasteiger partial charge < -0.3 is 10.1 Å². The van der Waals surface area contributed by atoms with Crippen molar-refractivity contribution in [3.05, 3.63) is 28.8 Å². The average Bonchev–Trinajstić information content (AvgIpc) is 3.08. The molecule has 0 spiro atoms. The number of anilines is 1. The van der Waals surface area contributed by atoms with E-state index in [0.717, 1.165) is 29.1 Å². The van der Waals surface area contributed by atoms with Crippen LogP contribution in [-0.4, -0.2) is 37.2 Å². The van der Waals surface area contributed by atoms with Crippen LogP contribution in [0.1, 0.15) is 40.4 Å². The summed E-state index contributed by atoms with van der Waals surface area (Å²) in [4.78, 5) is 26.0. The Labute approximate surface area is 147 Å². The van der Waals surface area contributed by atoms with E-state index in [1.807, 2.05) is 0 Å². The summed E-state index contributed by atoms with van der Waals surface area (Å²) in [5.41, 5.74) is -1.26. The molecule has 0 radical (unpaired) electrons. The highest BCUT2D eigenvalue weighted by atomic mass is 32.2. The highest BCUT2D eigenvalue weighted by molar-refractivity contribution is 7.96. The number of carbonyl (C=O) groups excluding carboxylic acids is 2. The van der Waals surface area contributed by atoms with Crippen molar-refractivity contribution in [2.24, 2.45) is 0 Å². The third-order valence-electron chi connectivity index (χ3n) is 3.75.